The number of anilines is 1. The number of nitrogen functional groups attached to an aromatic ring is 1. The van der Waals surface area contributed by atoms with Gasteiger partial charge in [0.1, 0.15) is 11.6 Å². The highest BCUT2D eigenvalue weighted by Gasteiger charge is 2.08. The van der Waals surface area contributed by atoms with Crippen LogP contribution in [-0.2, 0) is 0 Å². The fourth-order valence-electron chi connectivity index (χ4n) is 1.57. The summed E-state index contributed by atoms with van der Waals surface area (Å²) in [6.07, 6.45) is 0. The van der Waals surface area contributed by atoms with Crippen molar-refractivity contribution in [3.63, 3.8) is 0 Å². The first-order chi connectivity index (χ1) is 6.24. The molecule has 0 aliphatic heterocycles. The summed E-state index contributed by atoms with van der Waals surface area (Å²) in [4.78, 5) is 3.10. The lowest BCUT2D eigenvalue weighted by atomic mass is 10.1. The number of H-pyrrole nitrogens is 1. The zero-order valence-corrected chi connectivity index (χ0v) is 7.72. The Bertz CT molecular complexity index is 445. The number of ether oxygens (including phenoxy) is 1. The van der Waals surface area contributed by atoms with Crippen LogP contribution in [0.3, 0.4) is 0 Å². The van der Waals surface area contributed by atoms with E-state index in [1.165, 1.54) is 0 Å². The molecule has 68 valence electrons. The smallest absolute Gasteiger partial charge is 0.128 e. The van der Waals surface area contributed by atoms with E-state index in [9.17, 15) is 0 Å². The summed E-state index contributed by atoms with van der Waals surface area (Å²) in [6.45, 7) is 1.98. The van der Waals surface area contributed by atoms with Crippen LogP contribution in [0.15, 0.2) is 18.2 Å². The van der Waals surface area contributed by atoms with Gasteiger partial charge >= 0.3 is 0 Å². The van der Waals surface area contributed by atoms with E-state index in [-0.39, 0.29) is 0 Å². The molecule has 1 heterocycles. The van der Waals surface area contributed by atoms with E-state index in [4.69, 9.17) is 10.5 Å². The molecule has 0 spiro atoms. The van der Waals surface area contributed by atoms with Crippen LogP contribution in [0.5, 0.6) is 5.75 Å². The van der Waals surface area contributed by atoms with Gasteiger partial charge in [0, 0.05) is 10.9 Å². The van der Waals surface area contributed by atoms with Gasteiger partial charge in [-0.2, -0.15) is 0 Å². The lowest BCUT2D eigenvalue weighted by molar-refractivity contribution is 0.419. The lowest BCUT2D eigenvalue weighted by Crippen LogP contribution is -1.86. The van der Waals surface area contributed by atoms with Gasteiger partial charge in [0.15, 0.2) is 0 Å². The Morgan fingerprint density at radius 3 is 2.85 bits per heavy atom. The zero-order chi connectivity index (χ0) is 9.42. The molecular formula is C10H12N2O. The molecule has 3 nitrogen and oxygen atoms in total. The van der Waals surface area contributed by atoms with Crippen LogP contribution in [0.2, 0.25) is 0 Å². The Labute approximate surface area is 76.5 Å². The minimum absolute atomic E-state index is 0.708. The maximum Gasteiger partial charge on any atom is 0.128 e. The molecule has 0 radical (unpaired) electrons. The van der Waals surface area contributed by atoms with Crippen LogP contribution in [-0.4, -0.2) is 12.1 Å². The molecule has 0 fully saturated rings. The summed E-state index contributed by atoms with van der Waals surface area (Å²) in [5, 5.41) is 1.07. The highest BCUT2D eigenvalue weighted by molar-refractivity contribution is 5.93. The first-order valence-electron chi connectivity index (χ1n) is 4.15. The van der Waals surface area contributed by atoms with E-state index in [0.29, 0.717) is 5.82 Å². The standard InChI is InChI=1S/C10H12N2O/c1-6-9-7(12-10(6)11)4-3-5-8(9)13-2/h3-5,12H,11H2,1-2H3. The van der Waals surface area contributed by atoms with Crippen LogP contribution in [0.25, 0.3) is 10.9 Å². The largest absolute Gasteiger partial charge is 0.496 e. The second-order valence-electron chi connectivity index (χ2n) is 3.05. The van der Waals surface area contributed by atoms with Crippen molar-refractivity contribution in [3.05, 3.63) is 23.8 Å². The number of aryl methyl sites for hydroxylation is 1. The monoisotopic (exact) mass is 176 g/mol. The third-order valence-electron chi connectivity index (χ3n) is 2.29. The third kappa shape index (κ3) is 1.04. The van der Waals surface area contributed by atoms with Gasteiger partial charge in [-0.25, -0.2) is 0 Å². The number of nitrogens with two attached hydrogens (primary N) is 1. The van der Waals surface area contributed by atoms with Crippen LogP contribution in [0.1, 0.15) is 5.56 Å². The van der Waals surface area contributed by atoms with Gasteiger partial charge in [-0.05, 0) is 19.1 Å². The van der Waals surface area contributed by atoms with E-state index in [1.54, 1.807) is 7.11 Å². The van der Waals surface area contributed by atoms with E-state index in [1.807, 2.05) is 25.1 Å². The molecule has 0 bridgehead atoms. The van der Waals surface area contributed by atoms with Gasteiger partial charge < -0.3 is 15.5 Å². The molecule has 1 aromatic heterocycles. The molecule has 3 N–H and O–H groups in total. The second-order valence-corrected chi connectivity index (χ2v) is 3.05. The molecule has 0 aliphatic carbocycles. The summed E-state index contributed by atoms with van der Waals surface area (Å²) >= 11 is 0. The van der Waals surface area contributed by atoms with Crippen LogP contribution >= 0.6 is 0 Å². The minimum atomic E-state index is 0.708. The molecule has 0 amide bonds. The molecule has 1 aromatic carbocycles. The highest BCUT2D eigenvalue weighted by Crippen LogP contribution is 2.31. The van der Waals surface area contributed by atoms with Gasteiger partial charge in [0.05, 0.1) is 12.6 Å². The van der Waals surface area contributed by atoms with Crippen molar-refractivity contribution in [2.45, 2.75) is 6.92 Å². The summed E-state index contributed by atoms with van der Waals surface area (Å²) < 4.78 is 5.25. The molecule has 3 heteroatoms. The van der Waals surface area contributed by atoms with Gasteiger partial charge in [0.25, 0.3) is 0 Å². The number of hydrogen-bond acceptors (Lipinski definition) is 2. The highest BCUT2D eigenvalue weighted by atomic mass is 16.5. The van der Waals surface area contributed by atoms with Crippen LogP contribution < -0.4 is 10.5 Å². The molecule has 0 unspecified atom stereocenters. The molecule has 0 atom stereocenters. The Balaban J connectivity index is 2.87. The second kappa shape index (κ2) is 2.69. The topological polar surface area (TPSA) is 51.0 Å². The van der Waals surface area contributed by atoms with Crippen molar-refractivity contribution >= 4 is 16.7 Å². The van der Waals surface area contributed by atoms with Crippen molar-refractivity contribution in [3.8, 4) is 5.75 Å². The lowest BCUT2D eigenvalue weighted by Gasteiger charge is -2.01. The first kappa shape index (κ1) is 7.98. The fourth-order valence-corrected chi connectivity index (χ4v) is 1.57. The van der Waals surface area contributed by atoms with E-state index >= 15 is 0 Å². The summed E-state index contributed by atoms with van der Waals surface area (Å²) in [6, 6.07) is 5.86. The number of aromatic nitrogens is 1. The normalized spacial score (nSPS) is 10.6. The number of rotatable bonds is 1. The molecule has 0 aliphatic rings. The Morgan fingerprint density at radius 2 is 2.15 bits per heavy atom. The molecule has 2 aromatic rings. The average molecular weight is 176 g/mol. The maximum atomic E-state index is 5.77. The number of fused-ring (bicyclic) bond motifs is 1. The van der Waals surface area contributed by atoms with Gasteiger partial charge in [-0.3, -0.25) is 0 Å². The quantitative estimate of drug-likeness (QED) is 0.698. The molecule has 0 saturated heterocycles. The fraction of sp³-hybridized carbons (Fsp3) is 0.200. The van der Waals surface area contributed by atoms with Gasteiger partial charge in [0.2, 0.25) is 0 Å². The minimum Gasteiger partial charge on any atom is -0.496 e. The zero-order valence-electron chi connectivity index (χ0n) is 7.72. The van der Waals surface area contributed by atoms with Crippen molar-refractivity contribution in [2.24, 2.45) is 0 Å². The van der Waals surface area contributed by atoms with E-state index in [0.717, 1.165) is 22.2 Å². The van der Waals surface area contributed by atoms with Crippen LogP contribution in [0, 0.1) is 6.92 Å². The summed E-state index contributed by atoms with van der Waals surface area (Å²) in [7, 11) is 1.66. The van der Waals surface area contributed by atoms with E-state index in [2.05, 4.69) is 4.98 Å². The van der Waals surface area contributed by atoms with Crippen molar-refractivity contribution < 1.29 is 4.74 Å². The SMILES string of the molecule is COc1cccc2[nH]c(N)c(C)c12. The number of benzene rings is 1. The van der Waals surface area contributed by atoms with Crippen molar-refractivity contribution in [1.29, 1.82) is 0 Å². The average Bonchev–Trinajstić information content (AvgIpc) is 2.43. The van der Waals surface area contributed by atoms with Crippen LogP contribution in [0.4, 0.5) is 5.82 Å². The third-order valence-corrected chi connectivity index (χ3v) is 2.29. The number of hydrogen-bond donors (Lipinski definition) is 2. The predicted molar refractivity (Wildman–Crippen MR) is 54.0 cm³/mol. The predicted octanol–water partition coefficient (Wildman–Crippen LogP) is 2.07. The molecule has 2 rings (SSSR count). The number of aromatic amines is 1. The first-order valence-corrected chi connectivity index (χ1v) is 4.15. The Kier molecular flexibility index (Phi) is 1.65. The number of methoxy groups -OCH3 is 1. The van der Waals surface area contributed by atoms with E-state index < -0.39 is 0 Å². The molecule has 13 heavy (non-hydrogen) atoms. The molecule has 0 saturated carbocycles. The maximum absolute atomic E-state index is 5.77. The Hall–Kier alpha value is -1.64. The van der Waals surface area contributed by atoms with Gasteiger partial charge in [-0.15, -0.1) is 0 Å². The summed E-state index contributed by atoms with van der Waals surface area (Å²) in [5.41, 5.74) is 7.84. The van der Waals surface area contributed by atoms with Crippen molar-refractivity contribution in [2.75, 3.05) is 12.8 Å². The molecular weight excluding hydrogens is 164 g/mol. The van der Waals surface area contributed by atoms with Crippen molar-refractivity contribution in [1.82, 2.24) is 4.98 Å². The summed E-state index contributed by atoms with van der Waals surface area (Å²) in [5.74, 6) is 1.57. The Morgan fingerprint density at radius 1 is 1.38 bits per heavy atom. The van der Waals surface area contributed by atoms with Gasteiger partial charge in [-0.1, -0.05) is 6.07 Å². The number of nitrogens with one attached hydrogen (secondary N) is 1.